The van der Waals surface area contributed by atoms with E-state index in [0.717, 1.165) is 53.1 Å². The smallest absolute Gasteiger partial charge is 0.181 e. The summed E-state index contributed by atoms with van der Waals surface area (Å²) in [7, 11) is 4.01. The molecule has 5 heterocycles. The van der Waals surface area contributed by atoms with Crippen molar-refractivity contribution >= 4 is 27.8 Å². The maximum absolute atomic E-state index is 14.7. The van der Waals surface area contributed by atoms with Crippen LogP contribution in [-0.4, -0.2) is 73.7 Å². The van der Waals surface area contributed by atoms with E-state index in [-0.39, 0.29) is 5.82 Å². The molecule has 0 amide bonds. The van der Waals surface area contributed by atoms with E-state index in [1.54, 1.807) is 6.20 Å². The number of imidazole rings is 1. The minimum absolute atomic E-state index is 0.337. The number of halogens is 1. The van der Waals surface area contributed by atoms with Crippen LogP contribution in [0.5, 0.6) is 0 Å². The predicted molar refractivity (Wildman–Crippen MR) is 176 cm³/mol. The Morgan fingerprint density at radius 2 is 1.84 bits per heavy atom. The van der Waals surface area contributed by atoms with Crippen molar-refractivity contribution in [3.05, 3.63) is 72.6 Å². The Bertz CT molecular complexity index is 1940. The number of anilines is 1. The lowest BCUT2D eigenvalue weighted by atomic mass is 10.1. The molecule has 5 aromatic heterocycles. The molecule has 45 heavy (non-hydrogen) atoms. The maximum Gasteiger partial charge on any atom is 0.181 e. The normalized spacial score (nSPS) is 13.9. The number of H-pyrrole nitrogens is 2. The summed E-state index contributed by atoms with van der Waals surface area (Å²) in [4.78, 5) is 24.1. The van der Waals surface area contributed by atoms with E-state index in [0.29, 0.717) is 46.2 Å². The van der Waals surface area contributed by atoms with Crippen molar-refractivity contribution in [2.45, 2.75) is 32.2 Å². The Morgan fingerprint density at radius 3 is 2.71 bits per heavy atom. The summed E-state index contributed by atoms with van der Waals surface area (Å²) in [5, 5.41) is 15.3. The van der Waals surface area contributed by atoms with Crippen LogP contribution in [0.2, 0.25) is 0 Å². The molecule has 0 atom stereocenters. The molecule has 0 radical (unpaired) electrons. The fourth-order valence-electron chi connectivity index (χ4n) is 6.13. The van der Waals surface area contributed by atoms with Crippen LogP contribution in [0.25, 0.3) is 56.0 Å². The number of pyridine rings is 3. The van der Waals surface area contributed by atoms with Gasteiger partial charge >= 0.3 is 0 Å². The molecule has 230 valence electrons. The molecule has 0 aliphatic heterocycles. The number of fused-ring (bicyclic) bond motifs is 2. The summed E-state index contributed by atoms with van der Waals surface area (Å²) in [6, 6.07) is 11.0. The van der Waals surface area contributed by atoms with Crippen LogP contribution < -0.4 is 10.6 Å². The third-order valence-corrected chi connectivity index (χ3v) is 8.47. The van der Waals surface area contributed by atoms with Gasteiger partial charge < -0.3 is 20.5 Å². The van der Waals surface area contributed by atoms with E-state index in [4.69, 9.17) is 4.98 Å². The van der Waals surface area contributed by atoms with Gasteiger partial charge in [-0.2, -0.15) is 5.10 Å². The van der Waals surface area contributed by atoms with Crippen molar-refractivity contribution in [2.24, 2.45) is 5.92 Å². The maximum atomic E-state index is 14.7. The first-order valence-electron chi connectivity index (χ1n) is 15.5. The van der Waals surface area contributed by atoms with Gasteiger partial charge in [0, 0.05) is 66.8 Å². The van der Waals surface area contributed by atoms with Crippen molar-refractivity contribution < 1.29 is 4.39 Å². The minimum Gasteiger partial charge on any atom is -0.384 e. The summed E-state index contributed by atoms with van der Waals surface area (Å²) in [5.74, 6) is 1.05. The molecular weight excluding hydrogens is 567 g/mol. The molecular formula is C34H37FN10. The van der Waals surface area contributed by atoms with Gasteiger partial charge in [-0.25, -0.2) is 14.4 Å². The second kappa shape index (κ2) is 12.7. The summed E-state index contributed by atoms with van der Waals surface area (Å²) in [6.45, 7) is 3.37. The average Bonchev–Trinajstić information content (AvgIpc) is 3.80. The van der Waals surface area contributed by atoms with E-state index >= 15 is 0 Å². The average molecular weight is 605 g/mol. The number of hydrogen-bond acceptors (Lipinski definition) is 8. The highest BCUT2D eigenvalue weighted by Gasteiger charge is 2.18. The van der Waals surface area contributed by atoms with Crippen LogP contribution in [0.3, 0.4) is 0 Å². The van der Waals surface area contributed by atoms with E-state index in [2.05, 4.69) is 57.8 Å². The summed E-state index contributed by atoms with van der Waals surface area (Å²) in [6.07, 6.45) is 12.7. The van der Waals surface area contributed by atoms with Crippen LogP contribution in [0, 0.1) is 11.7 Å². The number of benzene rings is 1. The summed E-state index contributed by atoms with van der Waals surface area (Å²) in [5.41, 5.74) is 7.76. The third kappa shape index (κ3) is 6.40. The fourth-order valence-corrected chi connectivity index (χ4v) is 6.13. The first kappa shape index (κ1) is 29.0. The molecule has 7 rings (SSSR count). The lowest BCUT2D eigenvalue weighted by Gasteiger charge is -2.12. The molecule has 1 fully saturated rings. The standard InChI is InChI=1S/C34H37FN10/c1-45(2)10-9-38-27-13-23(12-26(35)15-27)30-32-29(7-8-39-30)41-34(42-32)31-28-14-25(20-40-33(28)44-43-31)24-11-22(18-37-19-24)17-36-16-21-5-3-4-6-21/h7-8,11-15,18-21,36,38H,3-6,9-10,16-17H2,1-2H3,(H,41,42)(H,40,43,44). The first-order chi connectivity index (χ1) is 22.0. The number of aromatic nitrogens is 7. The predicted octanol–water partition coefficient (Wildman–Crippen LogP) is 6.02. The van der Waals surface area contributed by atoms with Gasteiger partial charge in [0.2, 0.25) is 0 Å². The van der Waals surface area contributed by atoms with Crippen LogP contribution in [0.15, 0.2) is 61.2 Å². The number of rotatable bonds is 11. The topological polar surface area (TPSA) is 123 Å². The number of nitrogens with one attached hydrogen (secondary N) is 4. The van der Waals surface area contributed by atoms with Crippen molar-refractivity contribution in [1.29, 1.82) is 0 Å². The van der Waals surface area contributed by atoms with Gasteiger partial charge in [-0.15, -0.1) is 0 Å². The monoisotopic (exact) mass is 604 g/mol. The Kier molecular flexibility index (Phi) is 8.19. The minimum atomic E-state index is -0.337. The molecule has 0 unspecified atom stereocenters. The lowest BCUT2D eigenvalue weighted by molar-refractivity contribution is 0.425. The quantitative estimate of drug-likeness (QED) is 0.142. The van der Waals surface area contributed by atoms with E-state index in [9.17, 15) is 4.39 Å². The fraction of sp³-hybridized carbons (Fsp3) is 0.324. The van der Waals surface area contributed by atoms with E-state index < -0.39 is 0 Å². The summed E-state index contributed by atoms with van der Waals surface area (Å²) < 4.78 is 14.7. The molecule has 6 aromatic rings. The highest BCUT2D eigenvalue weighted by Crippen LogP contribution is 2.33. The van der Waals surface area contributed by atoms with Crippen molar-refractivity contribution in [2.75, 3.05) is 39.0 Å². The Labute approximate surface area is 260 Å². The number of nitrogens with zero attached hydrogens (tertiary/aromatic N) is 6. The Morgan fingerprint density at radius 1 is 0.978 bits per heavy atom. The number of aromatic amines is 2. The molecule has 0 saturated heterocycles. The summed E-state index contributed by atoms with van der Waals surface area (Å²) >= 11 is 0. The van der Waals surface area contributed by atoms with Gasteiger partial charge in [0.05, 0.1) is 16.6 Å². The largest absolute Gasteiger partial charge is 0.384 e. The zero-order valence-electron chi connectivity index (χ0n) is 25.6. The Balaban J connectivity index is 1.17. The van der Waals surface area contributed by atoms with Gasteiger partial charge in [-0.3, -0.25) is 15.1 Å². The van der Waals surface area contributed by atoms with Crippen LogP contribution in [-0.2, 0) is 6.54 Å². The van der Waals surface area contributed by atoms with E-state index in [1.165, 1.54) is 37.8 Å². The SMILES string of the molecule is CN(C)CCNc1cc(F)cc(-c2nccc3[nH]c(-c4[nH]nc5ncc(-c6cncc(CNCC7CCCC7)c6)cc45)nc23)c1. The first-order valence-corrected chi connectivity index (χ1v) is 15.5. The highest BCUT2D eigenvalue weighted by atomic mass is 19.1. The molecule has 1 aliphatic carbocycles. The van der Waals surface area contributed by atoms with Gasteiger partial charge in [-0.1, -0.05) is 12.8 Å². The van der Waals surface area contributed by atoms with Crippen LogP contribution >= 0.6 is 0 Å². The second-order valence-electron chi connectivity index (χ2n) is 12.2. The van der Waals surface area contributed by atoms with Crippen molar-refractivity contribution in [3.8, 4) is 33.9 Å². The molecule has 1 saturated carbocycles. The molecule has 0 spiro atoms. The molecule has 1 aliphatic rings. The van der Waals surface area contributed by atoms with Gasteiger partial charge in [0.1, 0.15) is 17.0 Å². The van der Waals surface area contributed by atoms with E-state index in [1.807, 2.05) is 44.8 Å². The van der Waals surface area contributed by atoms with Crippen molar-refractivity contribution in [1.82, 2.24) is 45.3 Å². The molecule has 11 heteroatoms. The zero-order valence-corrected chi connectivity index (χ0v) is 25.6. The molecule has 4 N–H and O–H groups in total. The zero-order chi connectivity index (χ0) is 30.8. The molecule has 1 aromatic carbocycles. The lowest BCUT2D eigenvalue weighted by Crippen LogP contribution is -2.20. The highest BCUT2D eigenvalue weighted by molar-refractivity contribution is 5.96. The van der Waals surface area contributed by atoms with Gasteiger partial charge in [0.15, 0.2) is 11.5 Å². The van der Waals surface area contributed by atoms with Gasteiger partial charge in [-0.05, 0) is 81.4 Å². The molecule has 10 nitrogen and oxygen atoms in total. The van der Waals surface area contributed by atoms with Crippen molar-refractivity contribution in [3.63, 3.8) is 0 Å². The number of likely N-dealkylation sites (N-methyl/N-ethyl adjacent to an activating group) is 1. The van der Waals surface area contributed by atoms with Crippen LogP contribution in [0.1, 0.15) is 31.2 Å². The third-order valence-electron chi connectivity index (χ3n) is 8.47. The van der Waals surface area contributed by atoms with Gasteiger partial charge in [0.25, 0.3) is 0 Å². The van der Waals surface area contributed by atoms with Crippen LogP contribution in [0.4, 0.5) is 10.1 Å². The second-order valence-corrected chi connectivity index (χ2v) is 12.2. The number of hydrogen-bond donors (Lipinski definition) is 4. The molecule has 0 bridgehead atoms. The Hall–Kier alpha value is -4.74.